The number of anilines is 2. The standard InChI is InChI=1S/C30H30BrF6N3O5/c1-43-15-20(16-44-2)40(26-6-4-19(31)11-24(26)32)25-7-5-21(12-22(25)28(41)42)45-27-23(30(35,36)37)10-18(13-38-27)14-39-9-3-8-29(33,34)17-39/h4-7,10-13,20H,3,8-9,14-17H2,1-2H3,(H,41,42). The minimum atomic E-state index is -4.93. The summed E-state index contributed by atoms with van der Waals surface area (Å²) in [7, 11) is 2.82. The summed E-state index contributed by atoms with van der Waals surface area (Å²) in [5.41, 5.74) is -1.63. The summed E-state index contributed by atoms with van der Waals surface area (Å²) < 4.78 is 102. The van der Waals surface area contributed by atoms with Crippen LogP contribution in [0.5, 0.6) is 11.6 Å². The van der Waals surface area contributed by atoms with Crippen LogP contribution in [0.2, 0.25) is 0 Å². The highest BCUT2D eigenvalue weighted by Gasteiger charge is 2.38. The van der Waals surface area contributed by atoms with Crippen LogP contribution in [0.1, 0.15) is 34.3 Å². The number of piperidine rings is 1. The van der Waals surface area contributed by atoms with Crippen LogP contribution in [0, 0.1) is 5.82 Å². The fourth-order valence-electron chi connectivity index (χ4n) is 5.16. The lowest BCUT2D eigenvalue weighted by molar-refractivity contribution is -0.139. The second-order valence-corrected chi connectivity index (χ2v) is 11.4. The van der Waals surface area contributed by atoms with E-state index in [9.17, 15) is 31.9 Å². The van der Waals surface area contributed by atoms with Crippen molar-refractivity contribution in [3.05, 3.63) is 75.6 Å². The highest BCUT2D eigenvalue weighted by atomic mass is 79.9. The van der Waals surface area contributed by atoms with E-state index < -0.39 is 53.5 Å². The third-order valence-corrected chi connectivity index (χ3v) is 7.51. The van der Waals surface area contributed by atoms with Crippen molar-refractivity contribution in [1.82, 2.24) is 9.88 Å². The number of carboxylic acids is 1. The third-order valence-electron chi connectivity index (χ3n) is 7.02. The normalized spacial score (nSPS) is 15.3. The van der Waals surface area contributed by atoms with Gasteiger partial charge in [-0.3, -0.25) is 4.90 Å². The summed E-state index contributed by atoms with van der Waals surface area (Å²) in [6.07, 6.45) is -3.90. The Hall–Kier alpha value is -3.40. The van der Waals surface area contributed by atoms with Gasteiger partial charge in [-0.2, -0.15) is 13.2 Å². The van der Waals surface area contributed by atoms with Gasteiger partial charge in [0.15, 0.2) is 0 Å². The zero-order valence-electron chi connectivity index (χ0n) is 24.2. The van der Waals surface area contributed by atoms with Gasteiger partial charge >= 0.3 is 12.1 Å². The fraction of sp³-hybridized carbons (Fsp3) is 0.400. The Morgan fingerprint density at radius 3 is 2.40 bits per heavy atom. The number of halogens is 7. The second kappa shape index (κ2) is 14.4. The molecule has 3 aromatic rings. The topological polar surface area (TPSA) is 84.4 Å². The lowest BCUT2D eigenvalue weighted by Crippen LogP contribution is -2.42. The SMILES string of the molecule is COCC(COC)N(c1ccc(Br)cc1F)c1ccc(Oc2ncc(CN3CCCC(F)(F)C3)cc2C(F)(F)F)cc1C(=O)O. The number of rotatable bonds is 12. The predicted molar refractivity (Wildman–Crippen MR) is 156 cm³/mol. The van der Waals surface area contributed by atoms with Crippen LogP contribution in [0.15, 0.2) is 53.1 Å². The molecule has 244 valence electrons. The molecule has 0 atom stereocenters. The molecule has 0 saturated carbocycles. The molecule has 45 heavy (non-hydrogen) atoms. The van der Waals surface area contributed by atoms with Gasteiger partial charge in [-0.25, -0.2) is 22.9 Å². The minimum Gasteiger partial charge on any atom is -0.478 e. The van der Waals surface area contributed by atoms with Gasteiger partial charge in [0.25, 0.3) is 5.92 Å². The molecular formula is C30H30BrF6N3O5. The average molecular weight is 706 g/mol. The summed E-state index contributed by atoms with van der Waals surface area (Å²) in [6.45, 7) is -0.442. The number of hydrogen-bond acceptors (Lipinski definition) is 7. The van der Waals surface area contributed by atoms with Gasteiger partial charge in [0.1, 0.15) is 17.1 Å². The van der Waals surface area contributed by atoms with E-state index in [0.29, 0.717) is 11.0 Å². The number of alkyl halides is 5. The smallest absolute Gasteiger partial charge is 0.421 e. The maximum absolute atomic E-state index is 15.2. The summed E-state index contributed by atoms with van der Waals surface area (Å²) in [5, 5.41) is 10.1. The van der Waals surface area contributed by atoms with Crippen molar-refractivity contribution in [2.24, 2.45) is 0 Å². The molecule has 0 bridgehead atoms. The molecule has 15 heteroatoms. The van der Waals surface area contributed by atoms with Gasteiger partial charge in [0.05, 0.1) is 42.7 Å². The van der Waals surface area contributed by atoms with E-state index in [-0.39, 0.29) is 55.3 Å². The van der Waals surface area contributed by atoms with Gasteiger partial charge < -0.3 is 24.2 Å². The lowest BCUT2D eigenvalue weighted by Gasteiger charge is -2.34. The Bertz CT molecular complexity index is 1500. The van der Waals surface area contributed by atoms with Gasteiger partial charge in [-0.15, -0.1) is 0 Å². The number of methoxy groups -OCH3 is 2. The molecule has 8 nitrogen and oxygen atoms in total. The molecule has 2 heterocycles. The molecule has 0 aliphatic carbocycles. The third kappa shape index (κ3) is 8.66. The van der Waals surface area contributed by atoms with Crippen LogP contribution in [0.3, 0.4) is 0 Å². The maximum atomic E-state index is 15.2. The molecule has 0 unspecified atom stereocenters. The first kappa shape index (κ1) is 34.5. The zero-order valence-corrected chi connectivity index (χ0v) is 25.8. The molecule has 1 aliphatic rings. The van der Waals surface area contributed by atoms with Gasteiger partial charge in [0.2, 0.25) is 5.88 Å². The van der Waals surface area contributed by atoms with Crippen LogP contribution >= 0.6 is 15.9 Å². The van der Waals surface area contributed by atoms with Gasteiger partial charge in [0, 0.05) is 37.9 Å². The van der Waals surface area contributed by atoms with E-state index in [4.69, 9.17) is 14.2 Å². The van der Waals surface area contributed by atoms with Crippen LogP contribution in [0.25, 0.3) is 0 Å². The molecule has 1 aliphatic heterocycles. The van der Waals surface area contributed by atoms with E-state index in [0.717, 1.165) is 18.3 Å². The molecule has 1 saturated heterocycles. The zero-order chi connectivity index (χ0) is 32.9. The largest absolute Gasteiger partial charge is 0.478 e. The Labute approximate surface area is 263 Å². The monoisotopic (exact) mass is 705 g/mol. The van der Waals surface area contributed by atoms with Crippen molar-refractivity contribution in [2.45, 2.75) is 37.5 Å². The predicted octanol–water partition coefficient (Wildman–Crippen LogP) is 7.52. The van der Waals surface area contributed by atoms with E-state index in [1.54, 1.807) is 6.07 Å². The van der Waals surface area contributed by atoms with Gasteiger partial charge in [-0.1, -0.05) is 15.9 Å². The average Bonchev–Trinajstić information content (AvgIpc) is 2.94. The molecular weight excluding hydrogens is 676 g/mol. The summed E-state index contributed by atoms with van der Waals surface area (Å²) in [5.74, 6) is -6.23. The van der Waals surface area contributed by atoms with Gasteiger partial charge in [-0.05, 0) is 61.0 Å². The van der Waals surface area contributed by atoms with Crippen molar-refractivity contribution in [1.29, 1.82) is 0 Å². The summed E-state index contributed by atoms with van der Waals surface area (Å²) in [4.78, 5) is 19.0. The first-order valence-electron chi connectivity index (χ1n) is 13.7. The van der Waals surface area contributed by atoms with Crippen LogP contribution in [0.4, 0.5) is 37.7 Å². The van der Waals surface area contributed by atoms with Crippen LogP contribution in [-0.4, -0.2) is 73.4 Å². The molecule has 0 spiro atoms. The van der Waals surface area contributed by atoms with E-state index in [1.807, 2.05) is 0 Å². The molecule has 4 rings (SSSR count). The summed E-state index contributed by atoms with van der Waals surface area (Å²) >= 11 is 3.20. The van der Waals surface area contributed by atoms with E-state index in [2.05, 4.69) is 20.9 Å². The fourth-order valence-corrected chi connectivity index (χ4v) is 5.49. The lowest BCUT2D eigenvalue weighted by atomic mass is 10.1. The van der Waals surface area contributed by atoms with Crippen molar-refractivity contribution >= 4 is 33.3 Å². The Morgan fingerprint density at radius 2 is 1.80 bits per heavy atom. The van der Waals surface area contributed by atoms with Crippen molar-refractivity contribution < 1.29 is 50.5 Å². The number of nitrogens with zero attached hydrogens (tertiary/aromatic N) is 3. The first-order valence-corrected chi connectivity index (χ1v) is 14.5. The highest BCUT2D eigenvalue weighted by molar-refractivity contribution is 9.10. The number of carboxylic acid groups (broad SMARTS) is 1. The number of ether oxygens (including phenoxy) is 3. The number of benzene rings is 2. The highest BCUT2D eigenvalue weighted by Crippen LogP contribution is 2.40. The van der Waals surface area contributed by atoms with Crippen molar-refractivity contribution in [3.8, 4) is 11.6 Å². The van der Waals surface area contributed by atoms with Crippen LogP contribution < -0.4 is 9.64 Å². The molecule has 1 N–H and O–H groups in total. The number of aromatic carboxylic acids is 1. The molecule has 0 radical (unpaired) electrons. The Morgan fingerprint density at radius 1 is 1.11 bits per heavy atom. The van der Waals surface area contributed by atoms with E-state index in [1.165, 1.54) is 48.3 Å². The molecule has 2 aromatic carbocycles. The molecule has 0 amide bonds. The molecule has 1 aromatic heterocycles. The quantitative estimate of drug-likeness (QED) is 0.194. The minimum absolute atomic E-state index is 0.000929. The number of hydrogen-bond donors (Lipinski definition) is 1. The van der Waals surface area contributed by atoms with E-state index >= 15 is 4.39 Å². The Balaban J connectivity index is 1.72. The number of aromatic nitrogens is 1. The second-order valence-electron chi connectivity index (χ2n) is 10.5. The summed E-state index contributed by atoms with van der Waals surface area (Å²) in [6, 6.07) is 7.76. The number of pyridine rings is 1. The number of carbonyl (C=O) groups is 1. The maximum Gasteiger partial charge on any atom is 0.421 e. The first-order chi connectivity index (χ1) is 21.2. The van der Waals surface area contributed by atoms with Crippen molar-refractivity contribution in [3.63, 3.8) is 0 Å². The van der Waals surface area contributed by atoms with Crippen LogP contribution in [-0.2, 0) is 22.2 Å². The Kier molecular flexibility index (Phi) is 11.0. The molecule has 1 fully saturated rings. The number of likely N-dealkylation sites (tertiary alicyclic amines) is 1. The van der Waals surface area contributed by atoms with Crippen molar-refractivity contribution in [2.75, 3.05) is 45.4 Å².